The van der Waals surface area contributed by atoms with Crippen molar-refractivity contribution in [2.75, 3.05) is 13.1 Å². The first-order valence-corrected chi connectivity index (χ1v) is 6.73. The summed E-state index contributed by atoms with van der Waals surface area (Å²) < 4.78 is 1.70. The van der Waals surface area contributed by atoms with Gasteiger partial charge in [0.15, 0.2) is 0 Å². The van der Waals surface area contributed by atoms with Crippen LogP contribution in [0.4, 0.5) is 4.79 Å². The van der Waals surface area contributed by atoms with E-state index in [0.717, 1.165) is 5.56 Å². The standard InChI is InChI=1S/C14H16N4O3/c19-13-9-17(14(20)21)7-11(13)12-8-18(16-15-12)6-10-4-2-1-3-5-10/h1-5,8,11,13,19H,6-7,9H2,(H,20,21). The summed E-state index contributed by atoms with van der Waals surface area (Å²) in [4.78, 5) is 12.1. The molecule has 0 spiro atoms. The smallest absolute Gasteiger partial charge is 0.407 e. The molecule has 0 radical (unpaired) electrons. The first-order chi connectivity index (χ1) is 10.1. The highest BCUT2D eigenvalue weighted by Crippen LogP contribution is 2.26. The van der Waals surface area contributed by atoms with E-state index in [0.29, 0.717) is 12.2 Å². The van der Waals surface area contributed by atoms with Gasteiger partial charge in [-0.15, -0.1) is 5.10 Å². The number of aliphatic hydroxyl groups is 1. The first-order valence-electron chi connectivity index (χ1n) is 6.73. The number of nitrogens with zero attached hydrogens (tertiary/aromatic N) is 4. The zero-order valence-electron chi connectivity index (χ0n) is 11.3. The maximum Gasteiger partial charge on any atom is 0.407 e. The van der Waals surface area contributed by atoms with E-state index in [2.05, 4.69) is 10.3 Å². The molecule has 7 nitrogen and oxygen atoms in total. The molecule has 1 saturated heterocycles. The van der Waals surface area contributed by atoms with Crippen LogP contribution in [0, 0.1) is 0 Å². The molecule has 2 aromatic rings. The maximum atomic E-state index is 10.9. The molecule has 0 saturated carbocycles. The summed E-state index contributed by atoms with van der Waals surface area (Å²) in [5, 5.41) is 27.1. The lowest BCUT2D eigenvalue weighted by atomic mass is 10.0. The number of rotatable bonds is 3. The van der Waals surface area contributed by atoms with Crippen LogP contribution in [0.3, 0.4) is 0 Å². The van der Waals surface area contributed by atoms with Crippen molar-refractivity contribution >= 4 is 6.09 Å². The normalized spacial score (nSPS) is 21.7. The van der Waals surface area contributed by atoms with Crippen molar-refractivity contribution in [2.45, 2.75) is 18.6 Å². The van der Waals surface area contributed by atoms with Crippen LogP contribution in [0.1, 0.15) is 17.2 Å². The predicted molar refractivity (Wildman–Crippen MR) is 73.9 cm³/mol. The fourth-order valence-corrected chi connectivity index (χ4v) is 2.56. The summed E-state index contributed by atoms with van der Waals surface area (Å²) in [5.41, 5.74) is 1.73. The Labute approximate surface area is 121 Å². The van der Waals surface area contributed by atoms with E-state index >= 15 is 0 Å². The average molecular weight is 288 g/mol. The predicted octanol–water partition coefficient (Wildman–Crippen LogP) is 0.764. The summed E-state index contributed by atoms with van der Waals surface area (Å²) in [6, 6.07) is 9.86. The van der Waals surface area contributed by atoms with Gasteiger partial charge in [0.1, 0.15) is 0 Å². The summed E-state index contributed by atoms with van der Waals surface area (Å²) in [6.07, 6.45) is 0.0166. The van der Waals surface area contributed by atoms with Crippen molar-refractivity contribution in [2.24, 2.45) is 0 Å². The van der Waals surface area contributed by atoms with Crippen molar-refractivity contribution in [1.82, 2.24) is 19.9 Å². The van der Waals surface area contributed by atoms with Gasteiger partial charge in [-0.05, 0) is 5.56 Å². The van der Waals surface area contributed by atoms with Crippen LogP contribution in [0.25, 0.3) is 0 Å². The van der Waals surface area contributed by atoms with Gasteiger partial charge in [-0.25, -0.2) is 9.48 Å². The Morgan fingerprint density at radius 1 is 1.29 bits per heavy atom. The van der Waals surface area contributed by atoms with Gasteiger partial charge in [-0.1, -0.05) is 35.5 Å². The number of carbonyl (C=O) groups is 1. The van der Waals surface area contributed by atoms with Crippen LogP contribution in [0.2, 0.25) is 0 Å². The van der Waals surface area contributed by atoms with Gasteiger partial charge in [0.25, 0.3) is 0 Å². The number of aliphatic hydroxyl groups excluding tert-OH is 1. The van der Waals surface area contributed by atoms with Crippen LogP contribution < -0.4 is 0 Å². The van der Waals surface area contributed by atoms with Gasteiger partial charge < -0.3 is 15.1 Å². The highest BCUT2D eigenvalue weighted by atomic mass is 16.4. The van der Waals surface area contributed by atoms with Gasteiger partial charge in [0, 0.05) is 12.7 Å². The molecule has 1 aromatic carbocycles. The topological polar surface area (TPSA) is 91.5 Å². The van der Waals surface area contributed by atoms with Gasteiger partial charge in [0.05, 0.1) is 30.8 Å². The second kappa shape index (κ2) is 5.53. The molecular formula is C14H16N4O3. The fourth-order valence-electron chi connectivity index (χ4n) is 2.56. The lowest BCUT2D eigenvalue weighted by Crippen LogP contribution is -2.27. The summed E-state index contributed by atoms with van der Waals surface area (Å²) >= 11 is 0. The molecule has 0 aliphatic carbocycles. The molecule has 2 atom stereocenters. The molecule has 3 rings (SSSR count). The van der Waals surface area contributed by atoms with Crippen molar-refractivity contribution in [3.8, 4) is 0 Å². The van der Waals surface area contributed by atoms with Crippen LogP contribution in [-0.4, -0.2) is 55.4 Å². The highest BCUT2D eigenvalue weighted by molar-refractivity contribution is 5.65. The molecule has 0 bridgehead atoms. The molecule has 1 fully saturated rings. The number of hydrogen-bond donors (Lipinski definition) is 2. The van der Waals surface area contributed by atoms with Crippen molar-refractivity contribution < 1.29 is 15.0 Å². The van der Waals surface area contributed by atoms with Crippen LogP contribution in [0.5, 0.6) is 0 Å². The zero-order chi connectivity index (χ0) is 14.8. The quantitative estimate of drug-likeness (QED) is 0.870. The summed E-state index contributed by atoms with van der Waals surface area (Å²) in [7, 11) is 0. The Balaban J connectivity index is 1.72. The van der Waals surface area contributed by atoms with Gasteiger partial charge in [0.2, 0.25) is 0 Å². The highest BCUT2D eigenvalue weighted by Gasteiger charge is 2.36. The van der Waals surface area contributed by atoms with E-state index in [4.69, 9.17) is 5.11 Å². The van der Waals surface area contributed by atoms with E-state index in [9.17, 15) is 9.90 Å². The molecule has 2 N–H and O–H groups in total. The van der Waals surface area contributed by atoms with Crippen molar-refractivity contribution in [3.63, 3.8) is 0 Å². The molecular weight excluding hydrogens is 272 g/mol. The molecule has 7 heteroatoms. The number of carboxylic acid groups (broad SMARTS) is 1. The van der Waals surface area contributed by atoms with E-state index in [1.54, 1.807) is 10.9 Å². The molecule has 1 amide bonds. The number of hydrogen-bond acceptors (Lipinski definition) is 4. The van der Waals surface area contributed by atoms with Gasteiger partial charge in [-0.2, -0.15) is 0 Å². The minimum absolute atomic E-state index is 0.117. The second-order valence-electron chi connectivity index (χ2n) is 5.19. The summed E-state index contributed by atoms with van der Waals surface area (Å²) in [5.74, 6) is -0.314. The zero-order valence-corrected chi connectivity index (χ0v) is 11.3. The number of aromatic nitrogens is 3. The maximum absolute atomic E-state index is 10.9. The number of β-amino-alcohol motifs (C(OH)–C–C–N with tert-alkyl or cyclic N) is 1. The lowest BCUT2D eigenvalue weighted by Gasteiger charge is -2.09. The van der Waals surface area contributed by atoms with Gasteiger partial charge in [-0.3, -0.25) is 0 Å². The molecule has 110 valence electrons. The number of likely N-dealkylation sites (tertiary alicyclic amines) is 1. The molecule has 2 heterocycles. The van der Waals surface area contributed by atoms with E-state index < -0.39 is 12.2 Å². The molecule has 2 unspecified atom stereocenters. The van der Waals surface area contributed by atoms with E-state index in [-0.39, 0.29) is 19.0 Å². The minimum Gasteiger partial charge on any atom is -0.465 e. The summed E-state index contributed by atoms with van der Waals surface area (Å²) in [6.45, 7) is 0.964. The lowest BCUT2D eigenvalue weighted by molar-refractivity contribution is 0.138. The molecule has 1 aliphatic rings. The third-order valence-corrected chi connectivity index (χ3v) is 3.68. The third-order valence-electron chi connectivity index (χ3n) is 3.68. The van der Waals surface area contributed by atoms with E-state index in [1.807, 2.05) is 30.3 Å². The Hall–Kier alpha value is -2.41. The Morgan fingerprint density at radius 3 is 2.71 bits per heavy atom. The fraction of sp³-hybridized carbons (Fsp3) is 0.357. The molecule has 21 heavy (non-hydrogen) atoms. The Kier molecular flexibility index (Phi) is 3.57. The molecule has 1 aliphatic heterocycles. The van der Waals surface area contributed by atoms with Gasteiger partial charge >= 0.3 is 6.09 Å². The second-order valence-corrected chi connectivity index (χ2v) is 5.19. The average Bonchev–Trinajstić information content (AvgIpc) is 3.06. The Morgan fingerprint density at radius 2 is 2.05 bits per heavy atom. The molecule has 1 aromatic heterocycles. The number of benzene rings is 1. The van der Waals surface area contributed by atoms with Crippen LogP contribution in [0.15, 0.2) is 36.5 Å². The van der Waals surface area contributed by atoms with Crippen LogP contribution in [-0.2, 0) is 6.54 Å². The van der Waals surface area contributed by atoms with Crippen molar-refractivity contribution in [1.29, 1.82) is 0 Å². The SMILES string of the molecule is O=C(O)N1CC(O)C(c2cn(Cc3ccccc3)nn2)C1. The third kappa shape index (κ3) is 2.87. The monoisotopic (exact) mass is 288 g/mol. The Bertz CT molecular complexity index is 628. The van der Waals surface area contributed by atoms with E-state index in [1.165, 1.54) is 4.90 Å². The minimum atomic E-state index is -1.02. The van der Waals surface area contributed by atoms with Crippen molar-refractivity contribution in [3.05, 3.63) is 47.8 Å². The van der Waals surface area contributed by atoms with Crippen LogP contribution >= 0.6 is 0 Å². The first kappa shape index (κ1) is 13.6. The largest absolute Gasteiger partial charge is 0.465 e. The number of amides is 1.